The summed E-state index contributed by atoms with van der Waals surface area (Å²) in [7, 11) is -4.02. The summed E-state index contributed by atoms with van der Waals surface area (Å²) in [5.74, 6) is 2.98. The molecule has 2 amide bonds. The maximum atomic E-state index is 14.9. The second-order valence-corrected chi connectivity index (χ2v) is 15.1. The highest BCUT2D eigenvalue weighted by molar-refractivity contribution is 7.85. The number of nitrogens with two attached hydrogens (primary N) is 1. The van der Waals surface area contributed by atoms with Gasteiger partial charge in [-0.15, -0.1) is 0 Å². The fourth-order valence-electron chi connectivity index (χ4n) is 7.26. The molecule has 11 nitrogen and oxygen atoms in total. The van der Waals surface area contributed by atoms with E-state index < -0.39 is 39.2 Å². The molecule has 1 aliphatic rings. The lowest BCUT2D eigenvalue weighted by atomic mass is 9.65. The van der Waals surface area contributed by atoms with Gasteiger partial charge in [0.2, 0.25) is 11.8 Å². The van der Waals surface area contributed by atoms with Gasteiger partial charge < -0.3 is 0 Å². The lowest BCUT2D eigenvalue weighted by Crippen LogP contribution is -2.52. The lowest BCUT2D eigenvalue weighted by molar-refractivity contribution is -0.148. The van der Waals surface area contributed by atoms with Crippen LogP contribution >= 0.6 is 0 Å². The van der Waals surface area contributed by atoms with Crippen LogP contribution in [0.25, 0.3) is 0 Å². The molecule has 1 aliphatic carbocycles. The highest BCUT2D eigenvalue weighted by atomic mass is 32.2. The fourth-order valence-corrected chi connectivity index (χ4v) is 7.74. The Kier molecular flexibility index (Phi) is 16.4. The number of hydrazine groups is 1. The molecule has 1 fully saturated rings. The van der Waals surface area contributed by atoms with E-state index in [1.165, 1.54) is 44.2 Å². The maximum absolute atomic E-state index is 14.9. The summed E-state index contributed by atoms with van der Waals surface area (Å²) in [6.45, 7) is 5.65. The first kappa shape index (κ1) is 41.5. The number of carbonyl (C=O) groups excluding carboxylic acids is 3. The molecule has 1 unspecified atom stereocenters. The number of benzene rings is 2. The van der Waals surface area contributed by atoms with Crippen molar-refractivity contribution >= 4 is 27.7 Å². The number of aryl methyl sites for hydroxylation is 3. The summed E-state index contributed by atoms with van der Waals surface area (Å²) < 4.78 is 29.6. The standard InChI is InChI=1S/C32H46N4O4.C7H8O3S/c1-3-19-32(31(39)35-33,20-17-25-13-8-5-9-14-25)29(37)28(27-22-34-21-18-23(27)2)26(30(38)36-40)16-10-15-24-11-6-4-7-12-24;1-6-2-4-7(5-3-6)11(8,9)10/h5,8-9,13-14,18,21-22,24,26,28,40H,3-4,6-7,10-12,15-17,19-20,33H2,1-2H3,(H,35,39)(H,36,38);2-5H,1H3,(H,8,9,10)/t26-,28+,32?;/m0./s1. The zero-order valence-corrected chi connectivity index (χ0v) is 30.8. The van der Waals surface area contributed by atoms with E-state index in [1.807, 2.05) is 56.6 Å². The zero-order chi connectivity index (χ0) is 37.4. The van der Waals surface area contributed by atoms with Crippen molar-refractivity contribution in [2.24, 2.45) is 23.1 Å². The molecule has 0 radical (unpaired) electrons. The summed E-state index contributed by atoms with van der Waals surface area (Å²) in [4.78, 5) is 45.9. The van der Waals surface area contributed by atoms with E-state index in [4.69, 9.17) is 10.4 Å². The van der Waals surface area contributed by atoms with Crippen LogP contribution in [0.4, 0.5) is 0 Å². The lowest BCUT2D eigenvalue weighted by Gasteiger charge is -2.37. The summed E-state index contributed by atoms with van der Waals surface area (Å²) in [6, 6.07) is 17.5. The van der Waals surface area contributed by atoms with E-state index in [9.17, 15) is 28.0 Å². The average molecular weight is 723 g/mol. The molecular weight excluding hydrogens is 669 g/mol. The Bertz CT molecular complexity index is 1660. The minimum Gasteiger partial charge on any atom is -0.298 e. The molecular formula is C39H54N4O7S. The number of pyridine rings is 1. The number of nitrogens with zero attached hydrogens (tertiary/aromatic N) is 1. The van der Waals surface area contributed by atoms with Crippen LogP contribution < -0.4 is 16.7 Å². The van der Waals surface area contributed by atoms with Crippen molar-refractivity contribution in [3.05, 3.63) is 95.3 Å². The SMILES string of the molecule is CCCC(CCc1ccccc1)(C(=O)NN)C(=O)[C@@H](c1cnccc1C)[C@H](CCCC1CCCCC1)C(=O)NO.Cc1ccc(S(=O)(=O)O)cc1. The topological polar surface area (TPSA) is 189 Å². The Balaban J connectivity index is 0.000000542. The fraction of sp³-hybridized carbons (Fsp3) is 0.487. The van der Waals surface area contributed by atoms with Crippen molar-refractivity contribution in [3.63, 3.8) is 0 Å². The molecule has 1 aromatic heterocycles. The van der Waals surface area contributed by atoms with Gasteiger partial charge in [0.15, 0.2) is 5.78 Å². The molecule has 0 spiro atoms. The number of hydrogen-bond donors (Lipinski definition) is 5. The summed E-state index contributed by atoms with van der Waals surface area (Å²) >= 11 is 0. The number of rotatable bonds is 16. The van der Waals surface area contributed by atoms with E-state index in [2.05, 4.69) is 10.4 Å². The van der Waals surface area contributed by atoms with Gasteiger partial charge in [0, 0.05) is 12.4 Å². The number of amides is 2. The van der Waals surface area contributed by atoms with Gasteiger partial charge in [-0.05, 0) is 80.3 Å². The van der Waals surface area contributed by atoms with E-state index in [0.717, 1.165) is 29.5 Å². The number of nitrogens with one attached hydrogen (secondary N) is 2. The summed E-state index contributed by atoms with van der Waals surface area (Å²) in [6.07, 6.45) is 13.1. The van der Waals surface area contributed by atoms with Gasteiger partial charge in [-0.25, -0.2) is 11.3 Å². The third kappa shape index (κ3) is 11.8. The third-order valence-corrected chi connectivity index (χ3v) is 11.0. The predicted octanol–water partition coefficient (Wildman–Crippen LogP) is 6.57. The quantitative estimate of drug-likeness (QED) is 0.0272. The average Bonchev–Trinajstić information content (AvgIpc) is 3.13. The number of ketones is 1. The minimum atomic E-state index is -4.02. The smallest absolute Gasteiger partial charge is 0.294 e. The normalized spacial score (nSPS) is 15.7. The van der Waals surface area contributed by atoms with Crippen LogP contribution in [0.1, 0.15) is 106 Å². The first-order valence-electron chi connectivity index (χ1n) is 17.9. The van der Waals surface area contributed by atoms with Crippen molar-refractivity contribution in [1.29, 1.82) is 0 Å². The number of hydroxylamine groups is 1. The van der Waals surface area contributed by atoms with Gasteiger partial charge in [-0.3, -0.25) is 34.6 Å². The molecule has 12 heteroatoms. The first-order chi connectivity index (χ1) is 24.4. The van der Waals surface area contributed by atoms with Crippen LogP contribution in [0.15, 0.2) is 78.0 Å². The molecule has 1 saturated carbocycles. The molecule has 2 aromatic carbocycles. The number of carbonyl (C=O) groups is 3. The monoisotopic (exact) mass is 722 g/mol. The molecule has 0 bridgehead atoms. The second-order valence-electron chi connectivity index (χ2n) is 13.7. The highest BCUT2D eigenvalue weighted by Crippen LogP contribution is 2.43. The van der Waals surface area contributed by atoms with Gasteiger partial charge in [0.25, 0.3) is 10.1 Å². The van der Waals surface area contributed by atoms with Crippen molar-refractivity contribution in [1.82, 2.24) is 15.9 Å². The Hall–Kier alpha value is -3.97. The molecule has 3 aromatic rings. The van der Waals surface area contributed by atoms with Gasteiger partial charge in [-0.1, -0.05) is 106 Å². The molecule has 278 valence electrons. The zero-order valence-electron chi connectivity index (χ0n) is 30.0. The maximum Gasteiger partial charge on any atom is 0.294 e. The number of Topliss-reactive ketones (excluding diaryl/α,β-unsaturated/α-hetero) is 1. The summed E-state index contributed by atoms with van der Waals surface area (Å²) in [5.41, 5.74) is 6.01. The molecule has 4 rings (SSSR count). The Morgan fingerprint density at radius 1 is 0.980 bits per heavy atom. The van der Waals surface area contributed by atoms with E-state index in [-0.39, 0.29) is 23.5 Å². The van der Waals surface area contributed by atoms with Gasteiger partial charge >= 0.3 is 0 Å². The molecule has 3 atom stereocenters. The van der Waals surface area contributed by atoms with Crippen LogP contribution in [-0.2, 0) is 30.9 Å². The van der Waals surface area contributed by atoms with Gasteiger partial charge in [-0.2, -0.15) is 8.42 Å². The molecule has 0 saturated heterocycles. The molecule has 6 N–H and O–H groups in total. The van der Waals surface area contributed by atoms with Crippen LogP contribution in [0.3, 0.4) is 0 Å². The van der Waals surface area contributed by atoms with Crippen LogP contribution in [0.2, 0.25) is 0 Å². The Labute approximate surface area is 302 Å². The van der Waals surface area contributed by atoms with E-state index in [0.29, 0.717) is 30.7 Å². The van der Waals surface area contributed by atoms with Crippen molar-refractivity contribution in [2.45, 2.75) is 109 Å². The second kappa shape index (κ2) is 20.2. The highest BCUT2D eigenvalue weighted by Gasteiger charge is 2.50. The summed E-state index contributed by atoms with van der Waals surface area (Å²) in [5, 5.41) is 9.79. The minimum absolute atomic E-state index is 0.0666. The predicted molar refractivity (Wildman–Crippen MR) is 196 cm³/mol. The molecule has 51 heavy (non-hydrogen) atoms. The van der Waals surface area contributed by atoms with E-state index >= 15 is 0 Å². The Morgan fingerprint density at radius 2 is 1.65 bits per heavy atom. The van der Waals surface area contributed by atoms with Crippen molar-refractivity contribution in [3.8, 4) is 0 Å². The van der Waals surface area contributed by atoms with E-state index in [1.54, 1.807) is 30.6 Å². The molecule has 0 aliphatic heterocycles. The number of aromatic nitrogens is 1. The number of hydrogen-bond acceptors (Lipinski definition) is 8. The van der Waals surface area contributed by atoms with Crippen molar-refractivity contribution in [2.75, 3.05) is 0 Å². The first-order valence-corrected chi connectivity index (χ1v) is 19.3. The van der Waals surface area contributed by atoms with Crippen LogP contribution in [-0.4, -0.2) is 40.8 Å². The molecule has 1 heterocycles. The third-order valence-electron chi connectivity index (χ3n) is 10.1. The van der Waals surface area contributed by atoms with Crippen molar-refractivity contribution < 1.29 is 32.6 Å². The van der Waals surface area contributed by atoms with Gasteiger partial charge in [0.1, 0.15) is 5.41 Å². The largest absolute Gasteiger partial charge is 0.298 e. The van der Waals surface area contributed by atoms with Crippen LogP contribution in [0.5, 0.6) is 0 Å². The Morgan fingerprint density at radius 3 is 2.22 bits per heavy atom. The van der Waals surface area contributed by atoms with Crippen LogP contribution in [0, 0.1) is 31.1 Å². The van der Waals surface area contributed by atoms with Gasteiger partial charge in [0.05, 0.1) is 16.7 Å².